The Bertz CT molecular complexity index is 470. The van der Waals surface area contributed by atoms with Crippen molar-refractivity contribution in [3.63, 3.8) is 0 Å². The predicted octanol–water partition coefficient (Wildman–Crippen LogP) is 2.45. The highest BCUT2D eigenvalue weighted by Gasteiger charge is 2.20. The maximum atomic E-state index is 12.1. The number of carbonyl (C=O) groups is 1. The van der Waals surface area contributed by atoms with E-state index in [2.05, 4.69) is 5.32 Å². The summed E-state index contributed by atoms with van der Waals surface area (Å²) in [4.78, 5) is 14.5. The van der Waals surface area contributed by atoms with Crippen molar-refractivity contribution in [3.05, 3.63) is 24.3 Å². The highest BCUT2D eigenvalue weighted by Crippen LogP contribution is 2.23. The van der Waals surface area contributed by atoms with Gasteiger partial charge >= 0.3 is 0 Å². The summed E-state index contributed by atoms with van der Waals surface area (Å²) in [5.74, 6) is 0.402. The van der Waals surface area contributed by atoms with E-state index in [4.69, 9.17) is 17.0 Å². The molecule has 0 radical (unpaired) electrons. The molecule has 5 heteroatoms. The number of rotatable bonds is 2. The fraction of sp³-hybridized carbons (Fsp3) is 0.429. The van der Waals surface area contributed by atoms with Crippen LogP contribution in [0.1, 0.15) is 19.3 Å². The number of para-hydroxylation sites is 2. The first kappa shape index (κ1) is 13.8. The highest BCUT2D eigenvalue weighted by atomic mass is 32.1. The van der Waals surface area contributed by atoms with Crippen LogP contribution < -0.4 is 10.1 Å². The molecule has 0 aliphatic carbocycles. The number of methoxy groups -OCH3 is 1. The molecule has 102 valence electrons. The Kier molecular flexibility index (Phi) is 4.74. The third-order valence-corrected chi connectivity index (χ3v) is 3.64. The summed E-state index contributed by atoms with van der Waals surface area (Å²) in [6.45, 7) is 1.75. The Morgan fingerprint density at radius 3 is 2.63 bits per heavy atom. The summed E-state index contributed by atoms with van der Waals surface area (Å²) >= 11 is 5.25. The number of nitrogens with zero attached hydrogens (tertiary/aromatic N) is 1. The topological polar surface area (TPSA) is 41.6 Å². The molecule has 0 atom stereocenters. The van der Waals surface area contributed by atoms with Crippen molar-refractivity contribution in [2.45, 2.75) is 19.3 Å². The minimum atomic E-state index is -0.235. The van der Waals surface area contributed by atoms with E-state index in [1.165, 1.54) is 6.42 Å². The Labute approximate surface area is 118 Å². The minimum absolute atomic E-state index is 0.235. The normalized spacial score (nSPS) is 14.9. The number of ether oxygens (including phenoxy) is 1. The molecular weight excluding hydrogens is 260 g/mol. The van der Waals surface area contributed by atoms with E-state index >= 15 is 0 Å². The molecule has 0 saturated carbocycles. The molecule has 0 unspecified atom stereocenters. The molecule has 1 aliphatic heterocycles. The molecule has 19 heavy (non-hydrogen) atoms. The van der Waals surface area contributed by atoms with Crippen molar-refractivity contribution in [2.75, 3.05) is 25.5 Å². The van der Waals surface area contributed by atoms with Crippen LogP contribution in [0.4, 0.5) is 5.69 Å². The fourth-order valence-corrected chi connectivity index (χ4v) is 2.40. The van der Waals surface area contributed by atoms with E-state index < -0.39 is 0 Å². The standard InChI is InChI=1S/C14H18N2O2S/c1-18-12-8-4-3-7-11(12)15-13(17)14(19)16-9-5-2-6-10-16/h3-4,7-8H,2,5-6,9-10H2,1H3,(H,15,17). The summed E-state index contributed by atoms with van der Waals surface area (Å²) in [6.07, 6.45) is 3.41. The first-order chi connectivity index (χ1) is 9.22. The lowest BCUT2D eigenvalue weighted by atomic mass is 10.1. The molecule has 1 aromatic rings. The monoisotopic (exact) mass is 278 g/mol. The Balaban J connectivity index is 2.01. The van der Waals surface area contributed by atoms with E-state index in [0.29, 0.717) is 16.4 Å². The molecule has 1 aliphatic rings. The number of hydrogen-bond acceptors (Lipinski definition) is 3. The average Bonchev–Trinajstić information content (AvgIpc) is 2.48. The molecule has 1 heterocycles. The van der Waals surface area contributed by atoms with Gasteiger partial charge in [-0.15, -0.1) is 0 Å². The lowest BCUT2D eigenvalue weighted by Gasteiger charge is -2.28. The Morgan fingerprint density at radius 2 is 1.95 bits per heavy atom. The first-order valence-electron chi connectivity index (χ1n) is 6.45. The number of amides is 1. The van der Waals surface area contributed by atoms with Gasteiger partial charge in [0.15, 0.2) is 4.99 Å². The molecule has 0 bridgehead atoms. The van der Waals surface area contributed by atoms with Crippen molar-refractivity contribution in [2.24, 2.45) is 0 Å². The van der Waals surface area contributed by atoms with Gasteiger partial charge in [-0.2, -0.15) is 0 Å². The molecule has 0 aromatic heterocycles. The molecule has 1 fully saturated rings. The summed E-state index contributed by atoms with van der Waals surface area (Å²) in [6, 6.07) is 7.31. The molecule has 1 saturated heterocycles. The number of benzene rings is 1. The van der Waals surface area contributed by atoms with Gasteiger partial charge in [0.1, 0.15) is 5.75 Å². The third kappa shape index (κ3) is 3.44. The Morgan fingerprint density at radius 1 is 1.26 bits per heavy atom. The maximum Gasteiger partial charge on any atom is 0.283 e. The molecular formula is C14H18N2O2S. The van der Waals surface area contributed by atoms with Gasteiger partial charge in [-0.25, -0.2) is 0 Å². The van der Waals surface area contributed by atoms with Crippen LogP contribution in [0.5, 0.6) is 5.75 Å². The van der Waals surface area contributed by atoms with Crippen molar-refractivity contribution in [1.29, 1.82) is 0 Å². The van der Waals surface area contributed by atoms with E-state index in [-0.39, 0.29) is 5.91 Å². The van der Waals surface area contributed by atoms with E-state index in [1.54, 1.807) is 19.2 Å². The van der Waals surface area contributed by atoms with Crippen LogP contribution in [-0.2, 0) is 4.79 Å². The van der Waals surface area contributed by atoms with Crippen LogP contribution in [0, 0.1) is 0 Å². The zero-order valence-corrected chi connectivity index (χ0v) is 11.8. The summed E-state index contributed by atoms with van der Waals surface area (Å²) in [7, 11) is 1.58. The largest absolute Gasteiger partial charge is 0.495 e. The van der Waals surface area contributed by atoms with Crippen molar-refractivity contribution in [3.8, 4) is 5.75 Å². The van der Waals surface area contributed by atoms with Gasteiger partial charge in [-0.05, 0) is 31.4 Å². The van der Waals surface area contributed by atoms with Gasteiger partial charge < -0.3 is 15.0 Å². The van der Waals surface area contributed by atoms with Gasteiger partial charge in [0.05, 0.1) is 12.8 Å². The average molecular weight is 278 g/mol. The van der Waals surface area contributed by atoms with Gasteiger partial charge in [0, 0.05) is 13.1 Å². The number of hydrogen-bond donors (Lipinski definition) is 1. The summed E-state index contributed by atoms with van der Waals surface area (Å²) in [5.41, 5.74) is 0.648. The smallest absolute Gasteiger partial charge is 0.283 e. The summed E-state index contributed by atoms with van der Waals surface area (Å²) in [5, 5.41) is 2.81. The lowest BCUT2D eigenvalue weighted by molar-refractivity contribution is -0.110. The van der Waals surface area contributed by atoms with Crippen LogP contribution in [0.15, 0.2) is 24.3 Å². The number of nitrogens with one attached hydrogen (secondary N) is 1. The number of anilines is 1. The van der Waals surface area contributed by atoms with Crippen LogP contribution in [-0.4, -0.2) is 36.0 Å². The first-order valence-corrected chi connectivity index (χ1v) is 6.86. The lowest BCUT2D eigenvalue weighted by Crippen LogP contribution is -2.41. The molecule has 2 rings (SSSR count). The van der Waals surface area contributed by atoms with Crippen LogP contribution >= 0.6 is 12.2 Å². The molecule has 1 aromatic carbocycles. The quantitative estimate of drug-likeness (QED) is 0.844. The molecule has 1 N–H and O–H groups in total. The van der Waals surface area contributed by atoms with Gasteiger partial charge in [0.25, 0.3) is 5.91 Å². The van der Waals surface area contributed by atoms with Gasteiger partial charge in [0.2, 0.25) is 0 Å². The zero-order valence-electron chi connectivity index (χ0n) is 11.0. The number of carbonyl (C=O) groups excluding carboxylic acids is 1. The number of likely N-dealkylation sites (tertiary alicyclic amines) is 1. The fourth-order valence-electron chi connectivity index (χ4n) is 2.16. The zero-order chi connectivity index (χ0) is 13.7. The molecule has 4 nitrogen and oxygen atoms in total. The second-order valence-corrected chi connectivity index (χ2v) is 4.89. The van der Waals surface area contributed by atoms with Gasteiger partial charge in [-0.1, -0.05) is 24.4 Å². The van der Waals surface area contributed by atoms with Crippen LogP contribution in [0.3, 0.4) is 0 Å². The second kappa shape index (κ2) is 6.52. The minimum Gasteiger partial charge on any atom is -0.495 e. The molecule has 0 spiro atoms. The predicted molar refractivity (Wildman–Crippen MR) is 79.6 cm³/mol. The third-order valence-electron chi connectivity index (χ3n) is 3.19. The van der Waals surface area contributed by atoms with Crippen molar-refractivity contribution in [1.82, 2.24) is 4.90 Å². The van der Waals surface area contributed by atoms with E-state index in [0.717, 1.165) is 25.9 Å². The summed E-state index contributed by atoms with van der Waals surface area (Å²) < 4.78 is 5.20. The SMILES string of the molecule is COc1ccccc1NC(=O)C(=S)N1CCCCC1. The molecule has 1 amide bonds. The van der Waals surface area contributed by atoms with Crippen LogP contribution in [0.25, 0.3) is 0 Å². The van der Waals surface area contributed by atoms with E-state index in [1.807, 2.05) is 17.0 Å². The van der Waals surface area contributed by atoms with Crippen LogP contribution in [0.2, 0.25) is 0 Å². The number of thiocarbonyl (C=S) groups is 1. The van der Waals surface area contributed by atoms with Crippen molar-refractivity contribution < 1.29 is 9.53 Å². The van der Waals surface area contributed by atoms with Gasteiger partial charge in [-0.3, -0.25) is 4.79 Å². The van der Waals surface area contributed by atoms with Crippen molar-refractivity contribution >= 4 is 28.8 Å². The Hall–Kier alpha value is -1.62. The highest BCUT2D eigenvalue weighted by molar-refractivity contribution is 7.82. The second-order valence-electron chi connectivity index (χ2n) is 4.51. The number of piperidine rings is 1. The maximum absolute atomic E-state index is 12.1. The van der Waals surface area contributed by atoms with E-state index in [9.17, 15) is 4.79 Å².